The van der Waals surface area contributed by atoms with Gasteiger partial charge in [0.15, 0.2) is 0 Å². The highest BCUT2D eigenvalue weighted by Crippen LogP contribution is 2.19. The van der Waals surface area contributed by atoms with Crippen molar-refractivity contribution in [3.63, 3.8) is 0 Å². The molecule has 3 rings (SSSR count). The molecule has 9 heteroatoms. The highest BCUT2D eigenvalue weighted by Gasteiger charge is 2.29. The second-order valence-electron chi connectivity index (χ2n) is 5.59. The first-order chi connectivity index (χ1) is 12.0. The molecule has 4 N–H and O–H groups in total. The Kier molecular flexibility index (Phi) is 4.85. The van der Waals surface area contributed by atoms with E-state index in [4.69, 9.17) is 14.6 Å². The topological polar surface area (TPSA) is 134 Å². The summed E-state index contributed by atoms with van der Waals surface area (Å²) in [5, 5.41) is 11.7. The number of benzene rings is 1. The van der Waals surface area contributed by atoms with Crippen molar-refractivity contribution >= 4 is 11.9 Å². The van der Waals surface area contributed by atoms with Crippen LogP contribution in [0.1, 0.15) is 27.3 Å². The molecule has 1 saturated heterocycles. The molecule has 0 bridgehead atoms. The van der Waals surface area contributed by atoms with Gasteiger partial charge in [-0.3, -0.25) is 4.79 Å². The van der Waals surface area contributed by atoms with Crippen LogP contribution in [-0.4, -0.2) is 52.3 Å². The third-order valence-corrected chi connectivity index (χ3v) is 3.85. The van der Waals surface area contributed by atoms with Crippen LogP contribution < -0.4 is 15.7 Å². The standard InChI is InChI=1S/C16H17N3O6/c20-14(12-7-17-16(23)19-12)18-11-5-6-24-8-13(11)25-10-3-1-9(2-4-10)15(21)22/h1-4,7,11,13H,5-6,8H2,(H,18,20)(H,21,22)(H2,17,19,23)/t11-,13-/m1/s1. The zero-order valence-electron chi connectivity index (χ0n) is 13.2. The molecule has 9 nitrogen and oxygen atoms in total. The predicted molar refractivity (Wildman–Crippen MR) is 85.9 cm³/mol. The number of carbonyl (C=O) groups is 2. The van der Waals surface area contributed by atoms with Crippen molar-refractivity contribution in [2.75, 3.05) is 13.2 Å². The van der Waals surface area contributed by atoms with Gasteiger partial charge in [-0.15, -0.1) is 0 Å². The first kappa shape index (κ1) is 16.8. The number of aromatic carboxylic acids is 1. The van der Waals surface area contributed by atoms with Crippen molar-refractivity contribution in [1.82, 2.24) is 15.3 Å². The van der Waals surface area contributed by atoms with E-state index in [0.717, 1.165) is 0 Å². The smallest absolute Gasteiger partial charge is 0.335 e. The van der Waals surface area contributed by atoms with Crippen molar-refractivity contribution in [2.45, 2.75) is 18.6 Å². The van der Waals surface area contributed by atoms with E-state index in [1.165, 1.54) is 18.3 Å². The first-order valence-corrected chi connectivity index (χ1v) is 7.69. The number of carboxylic acids is 1. The van der Waals surface area contributed by atoms with Crippen molar-refractivity contribution in [1.29, 1.82) is 0 Å². The number of carbonyl (C=O) groups excluding carboxylic acids is 1. The number of amides is 1. The van der Waals surface area contributed by atoms with Crippen LogP contribution in [0.25, 0.3) is 0 Å². The minimum Gasteiger partial charge on any atom is -0.486 e. The lowest BCUT2D eigenvalue weighted by Crippen LogP contribution is -2.51. The third kappa shape index (κ3) is 4.07. The van der Waals surface area contributed by atoms with Gasteiger partial charge in [0.25, 0.3) is 5.91 Å². The highest BCUT2D eigenvalue weighted by atomic mass is 16.5. The number of hydrogen-bond donors (Lipinski definition) is 4. The molecule has 2 atom stereocenters. The lowest BCUT2D eigenvalue weighted by Gasteiger charge is -2.32. The lowest BCUT2D eigenvalue weighted by molar-refractivity contribution is -0.0135. The van der Waals surface area contributed by atoms with Crippen LogP contribution in [0, 0.1) is 0 Å². The molecule has 1 aromatic heterocycles. The number of ether oxygens (including phenoxy) is 2. The molecule has 25 heavy (non-hydrogen) atoms. The van der Waals surface area contributed by atoms with Gasteiger partial charge < -0.3 is 29.9 Å². The van der Waals surface area contributed by atoms with E-state index >= 15 is 0 Å². The molecule has 1 aromatic carbocycles. The van der Waals surface area contributed by atoms with Gasteiger partial charge in [-0.05, 0) is 30.7 Å². The Hall–Kier alpha value is -3.07. The number of rotatable bonds is 5. The molecular weight excluding hydrogens is 330 g/mol. The normalized spacial score (nSPS) is 20.0. The number of carboxylic acid groups (broad SMARTS) is 1. The summed E-state index contributed by atoms with van der Waals surface area (Å²) in [6.45, 7) is 0.766. The summed E-state index contributed by atoms with van der Waals surface area (Å²) in [6, 6.07) is 5.69. The Morgan fingerprint density at radius 3 is 2.68 bits per heavy atom. The molecule has 2 heterocycles. The molecule has 2 aromatic rings. The maximum Gasteiger partial charge on any atom is 0.335 e. The van der Waals surface area contributed by atoms with E-state index < -0.39 is 23.7 Å². The minimum absolute atomic E-state index is 0.140. The number of imidazole rings is 1. The van der Waals surface area contributed by atoms with Gasteiger partial charge in [-0.1, -0.05) is 0 Å². The predicted octanol–water partition coefficient (Wildman–Crippen LogP) is 0.367. The van der Waals surface area contributed by atoms with Crippen LogP contribution in [0.4, 0.5) is 0 Å². The first-order valence-electron chi connectivity index (χ1n) is 7.69. The fourth-order valence-corrected chi connectivity index (χ4v) is 2.54. The zero-order valence-corrected chi connectivity index (χ0v) is 13.2. The quantitative estimate of drug-likeness (QED) is 0.617. The average molecular weight is 347 g/mol. The molecule has 0 unspecified atom stereocenters. The van der Waals surface area contributed by atoms with Crippen LogP contribution in [0.5, 0.6) is 5.75 Å². The van der Waals surface area contributed by atoms with Gasteiger partial charge in [0.05, 0.1) is 18.2 Å². The zero-order chi connectivity index (χ0) is 17.8. The summed E-state index contributed by atoms with van der Waals surface area (Å²) in [5.41, 5.74) is -0.155. The van der Waals surface area contributed by atoms with E-state index in [1.54, 1.807) is 12.1 Å². The van der Waals surface area contributed by atoms with Crippen molar-refractivity contribution in [2.24, 2.45) is 0 Å². The second kappa shape index (κ2) is 7.22. The van der Waals surface area contributed by atoms with Gasteiger partial charge in [0.2, 0.25) is 0 Å². The molecule has 1 fully saturated rings. The van der Waals surface area contributed by atoms with Crippen LogP contribution in [-0.2, 0) is 4.74 Å². The lowest BCUT2D eigenvalue weighted by atomic mass is 10.1. The molecule has 0 aliphatic carbocycles. The van der Waals surface area contributed by atoms with Gasteiger partial charge in [0, 0.05) is 12.8 Å². The fourth-order valence-electron chi connectivity index (χ4n) is 2.54. The van der Waals surface area contributed by atoms with Crippen LogP contribution in [0.2, 0.25) is 0 Å². The molecule has 0 spiro atoms. The molecule has 132 valence electrons. The maximum absolute atomic E-state index is 12.2. The number of aromatic amines is 2. The summed E-state index contributed by atoms with van der Waals surface area (Å²) >= 11 is 0. The number of hydrogen-bond acceptors (Lipinski definition) is 5. The molecule has 1 amide bonds. The fraction of sp³-hybridized carbons (Fsp3) is 0.312. The van der Waals surface area contributed by atoms with Gasteiger partial charge in [-0.2, -0.15) is 0 Å². The maximum atomic E-state index is 12.2. The molecule has 0 saturated carbocycles. The third-order valence-electron chi connectivity index (χ3n) is 3.85. The average Bonchev–Trinajstić information content (AvgIpc) is 3.04. The van der Waals surface area contributed by atoms with E-state index in [0.29, 0.717) is 18.8 Å². The highest BCUT2D eigenvalue weighted by molar-refractivity contribution is 5.92. The Bertz CT molecular complexity index is 810. The van der Waals surface area contributed by atoms with Crippen LogP contribution in [0.3, 0.4) is 0 Å². The largest absolute Gasteiger partial charge is 0.486 e. The van der Waals surface area contributed by atoms with Crippen molar-refractivity contribution in [3.05, 3.63) is 52.2 Å². The summed E-state index contributed by atoms with van der Waals surface area (Å²) < 4.78 is 11.2. The van der Waals surface area contributed by atoms with E-state index in [9.17, 15) is 14.4 Å². The summed E-state index contributed by atoms with van der Waals surface area (Å²) in [5.74, 6) is -0.951. The second-order valence-corrected chi connectivity index (χ2v) is 5.59. The van der Waals surface area contributed by atoms with E-state index in [1.807, 2.05) is 0 Å². The summed E-state index contributed by atoms with van der Waals surface area (Å²) in [6.07, 6.45) is 1.43. The summed E-state index contributed by atoms with van der Waals surface area (Å²) in [4.78, 5) is 38.9. The van der Waals surface area contributed by atoms with Crippen LogP contribution >= 0.6 is 0 Å². The van der Waals surface area contributed by atoms with Crippen LogP contribution in [0.15, 0.2) is 35.3 Å². The SMILES string of the molecule is O=C(O)c1ccc(O[C@@H]2COCC[C@H]2NC(=O)c2c[nH]c(=O)[nH]2)cc1. The monoisotopic (exact) mass is 347 g/mol. The Labute approximate surface area is 142 Å². The molecular formula is C16H17N3O6. The van der Waals surface area contributed by atoms with Crippen molar-refractivity contribution < 1.29 is 24.2 Å². The molecule has 1 aliphatic heterocycles. The minimum atomic E-state index is -1.02. The summed E-state index contributed by atoms with van der Waals surface area (Å²) in [7, 11) is 0. The van der Waals surface area contributed by atoms with Gasteiger partial charge in [-0.25, -0.2) is 9.59 Å². The van der Waals surface area contributed by atoms with E-state index in [-0.39, 0.29) is 23.9 Å². The van der Waals surface area contributed by atoms with E-state index in [2.05, 4.69) is 15.3 Å². The van der Waals surface area contributed by atoms with Gasteiger partial charge in [0.1, 0.15) is 17.5 Å². The Balaban J connectivity index is 1.67. The Morgan fingerprint density at radius 1 is 1.28 bits per heavy atom. The molecule has 0 radical (unpaired) electrons. The van der Waals surface area contributed by atoms with Gasteiger partial charge >= 0.3 is 11.7 Å². The number of aromatic nitrogens is 2. The number of nitrogens with one attached hydrogen (secondary N) is 3. The Morgan fingerprint density at radius 2 is 2.04 bits per heavy atom. The van der Waals surface area contributed by atoms with Crippen molar-refractivity contribution in [3.8, 4) is 5.75 Å². The number of H-pyrrole nitrogens is 2. The molecule has 1 aliphatic rings.